The van der Waals surface area contributed by atoms with Gasteiger partial charge in [-0.3, -0.25) is 4.40 Å². The average Bonchev–Trinajstić information content (AvgIpc) is 3.12. The Labute approximate surface area is 160 Å². The van der Waals surface area contributed by atoms with Gasteiger partial charge in [0.2, 0.25) is 0 Å². The molecule has 0 spiro atoms. The first-order valence-electron chi connectivity index (χ1n) is 8.42. The van der Waals surface area contributed by atoms with Crippen LogP contribution in [0.1, 0.15) is 0 Å². The first-order chi connectivity index (χ1) is 13.2. The van der Waals surface area contributed by atoms with Crippen molar-refractivity contribution in [2.75, 3.05) is 24.5 Å². The highest BCUT2D eigenvalue weighted by atomic mass is 35.5. The monoisotopic (exact) mass is 383 g/mol. The molecular weight excluding hydrogens is 366 g/mol. The Morgan fingerprint density at radius 3 is 3.04 bits per heavy atom. The van der Waals surface area contributed by atoms with Gasteiger partial charge < -0.3 is 21.4 Å². The lowest BCUT2D eigenvalue weighted by Crippen LogP contribution is -2.52. The van der Waals surface area contributed by atoms with Gasteiger partial charge in [0.1, 0.15) is 16.7 Å². The molecule has 1 aliphatic rings. The number of nitrogens with two attached hydrogens (primary N) is 1. The van der Waals surface area contributed by atoms with Crippen LogP contribution < -0.4 is 16.0 Å². The quantitative estimate of drug-likeness (QED) is 0.577. The molecule has 4 heterocycles. The summed E-state index contributed by atoms with van der Waals surface area (Å²) in [7, 11) is 0. The molecule has 0 aliphatic carbocycles. The predicted molar refractivity (Wildman–Crippen MR) is 104 cm³/mol. The first kappa shape index (κ1) is 17.4. The number of anilines is 1. The molecule has 138 valence electrons. The summed E-state index contributed by atoms with van der Waals surface area (Å²) in [6.45, 7) is 2.23. The fourth-order valence-electron chi connectivity index (χ4n) is 3.13. The van der Waals surface area contributed by atoms with Gasteiger partial charge in [0.15, 0.2) is 11.5 Å². The molecule has 0 aromatic carbocycles. The van der Waals surface area contributed by atoms with E-state index in [0.717, 1.165) is 30.2 Å². The van der Waals surface area contributed by atoms with Gasteiger partial charge >= 0.3 is 0 Å². The van der Waals surface area contributed by atoms with Crippen LogP contribution in [0.5, 0.6) is 0 Å². The fraction of sp³-hybridized carbons (Fsp3) is 0.235. The molecule has 4 N–H and O–H groups in total. The molecule has 0 amide bonds. The van der Waals surface area contributed by atoms with Crippen molar-refractivity contribution in [2.45, 2.75) is 6.04 Å². The van der Waals surface area contributed by atoms with E-state index in [0.29, 0.717) is 23.2 Å². The number of imidazole rings is 1. The maximum Gasteiger partial charge on any atom is 0.180 e. The van der Waals surface area contributed by atoms with Crippen molar-refractivity contribution >= 4 is 29.3 Å². The van der Waals surface area contributed by atoms with Gasteiger partial charge in [-0.2, -0.15) is 0 Å². The highest BCUT2D eigenvalue weighted by molar-refractivity contribution is 6.29. The van der Waals surface area contributed by atoms with Crippen LogP contribution in [0.15, 0.2) is 42.6 Å². The number of rotatable bonds is 4. The second kappa shape index (κ2) is 7.29. The van der Waals surface area contributed by atoms with Crippen LogP contribution >= 0.6 is 11.6 Å². The minimum Gasteiger partial charge on any atom is -0.404 e. The molecule has 27 heavy (non-hydrogen) atoms. The fourth-order valence-corrected chi connectivity index (χ4v) is 3.27. The van der Waals surface area contributed by atoms with E-state index in [1.165, 1.54) is 12.4 Å². The molecule has 4 rings (SSSR count). The van der Waals surface area contributed by atoms with Gasteiger partial charge in [0.05, 0.1) is 18.4 Å². The van der Waals surface area contributed by atoms with Gasteiger partial charge in [-0.25, -0.2) is 19.9 Å². The van der Waals surface area contributed by atoms with Crippen molar-refractivity contribution in [3.8, 4) is 11.5 Å². The number of hydrogen-bond acceptors (Lipinski definition) is 8. The lowest BCUT2D eigenvalue weighted by atomic mass is 10.1. The summed E-state index contributed by atoms with van der Waals surface area (Å²) in [4.78, 5) is 19.6. The molecule has 10 heteroatoms. The number of nitrogens with one attached hydrogen (secondary N) is 2. The van der Waals surface area contributed by atoms with Gasteiger partial charge in [-0.05, 0) is 6.07 Å². The summed E-state index contributed by atoms with van der Waals surface area (Å²) in [6.07, 6.45) is 9.48. The van der Waals surface area contributed by atoms with E-state index in [1.807, 2.05) is 10.5 Å². The number of fused-ring (bicyclic) bond motifs is 1. The van der Waals surface area contributed by atoms with Gasteiger partial charge in [0.25, 0.3) is 0 Å². The van der Waals surface area contributed by atoms with E-state index in [1.54, 1.807) is 24.8 Å². The number of nitrogens with zero attached hydrogens (tertiary/aromatic N) is 6. The maximum atomic E-state index is 7.51. The molecule has 0 radical (unpaired) electrons. The number of hydrogen-bond donors (Lipinski definition) is 3. The zero-order valence-electron chi connectivity index (χ0n) is 14.4. The number of piperazine rings is 1. The average molecular weight is 384 g/mol. The smallest absolute Gasteiger partial charge is 0.180 e. The molecule has 1 aliphatic heterocycles. The van der Waals surface area contributed by atoms with E-state index in [-0.39, 0.29) is 6.04 Å². The maximum absolute atomic E-state index is 7.51. The van der Waals surface area contributed by atoms with E-state index in [2.05, 4.69) is 25.2 Å². The SMILES string of the molecule is N=C/C(=C\N)C1CN(c2ccnc(-c3cnc4cnc(Cl)cn34)n2)CCN1. The standard InChI is InChI=1S/C17H18ClN9/c18-14-10-27-13(7-24-16(27)8-23-14)17-22-2-1-15(25-17)26-4-3-21-12(9-26)11(5-19)6-20/h1-2,5-8,10,12,19,21H,3-4,9,20H2/b11-6+,19-5?. The lowest BCUT2D eigenvalue weighted by molar-refractivity contribution is 0.507. The molecule has 0 saturated carbocycles. The summed E-state index contributed by atoms with van der Waals surface area (Å²) in [5.74, 6) is 1.36. The van der Waals surface area contributed by atoms with Crippen LogP contribution in [-0.2, 0) is 0 Å². The van der Waals surface area contributed by atoms with Crippen molar-refractivity contribution in [1.82, 2.24) is 29.7 Å². The van der Waals surface area contributed by atoms with Crippen molar-refractivity contribution in [2.24, 2.45) is 5.73 Å². The molecule has 1 unspecified atom stereocenters. The summed E-state index contributed by atoms with van der Waals surface area (Å²) in [5.41, 5.74) is 7.79. The Hall–Kier alpha value is -3.04. The van der Waals surface area contributed by atoms with Crippen LogP contribution in [0.2, 0.25) is 5.15 Å². The molecule has 3 aromatic rings. The molecular formula is C17H18ClN9. The summed E-state index contributed by atoms with van der Waals surface area (Å²) in [6, 6.07) is 1.86. The second-order valence-electron chi connectivity index (χ2n) is 6.08. The summed E-state index contributed by atoms with van der Waals surface area (Å²) >= 11 is 6.01. The van der Waals surface area contributed by atoms with E-state index >= 15 is 0 Å². The van der Waals surface area contributed by atoms with Crippen molar-refractivity contribution in [3.63, 3.8) is 0 Å². The minimum atomic E-state index is -0.0136. The van der Waals surface area contributed by atoms with E-state index in [4.69, 9.17) is 27.7 Å². The lowest BCUT2D eigenvalue weighted by Gasteiger charge is -2.34. The van der Waals surface area contributed by atoms with Crippen LogP contribution in [-0.4, -0.2) is 56.2 Å². The van der Waals surface area contributed by atoms with Crippen molar-refractivity contribution in [3.05, 3.63) is 47.8 Å². The third-order valence-electron chi connectivity index (χ3n) is 4.50. The van der Waals surface area contributed by atoms with Crippen molar-refractivity contribution < 1.29 is 0 Å². The molecule has 1 atom stereocenters. The summed E-state index contributed by atoms with van der Waals surface area (Å²) in [5, 5.41) is 11.3. The second-order valence-corrected chi connectivity index (χ2v) is 6.47. The van der Waals surface area contributed by atoms with Crippen LogP contribution in [0.4, 0.5) is 5.82 Å². The highest BCUT2D eigenvalue weighted by Gasteiger charge is 2.23. The zero-order valence-corrected chi connectivity index (χ0v) is 15.1. The largest absolute Gasteiger partial charge is 0.404 e. The highest BCUT2D eigenvalue weighted by Crippen LogP contribution is 2.22. The Morgan fingerprint density at radius 2 is 2.22 bits per heavy atom. The Balaban J connectivity index is 1.66. The predicted octanol–water partition coefficient (Wildman–Crippen LogP) is 1.11. The van der Waals surface area contributed by atoms with E-state index < -0.39 is 0 Å². The van der Waals surface area contributed by atoms with Crippen molar-refractivity contribution in [1.29, 1.82) is 5.41 Å². The van der Waals surface area contributed by atoms with E-state index in [9.17, 15) is 0 Å². The minimum absolute atomic E-state index is 0.0136. The molecule has 0 bridgehead atoms. The van der Waals surface area contributed by atoms with Gasteiger partial charge in [-0.15, -0.1) is 0 Å². The summed E-state index contributed by atoms with van der Waals surface area (Å²) < 4.78 is 1.82. The van der Waals surface area contributed by atoms with Crippen LogP contribution in [0.3, 0.4) is 0 Å². The third-order valence-corrected chi connectivity index (χ3v) is 4.69. The molecule has 1 saturated heterocycles. The normalized spacial score (nSPS) is 18.0. The number of aromatic nitrogens is 5. The molecule has 1 fully saturated rings. The van der Waals surface area contributed by atoms with Crippen LogP contribution in [0, 0.1) is 5.41 Å². The topological polar surface area (TPSA) is 121 Å². The van der Waals surface area contributed by atoms with Crippen LogP contribution in [0.25, 0.3) is 17.2 Å². The molecule has 3 aromatic heterocycles. The molecule has 9 nitrogen and oxygen atoms in total. The Morgan fingerprint density at radius 1 is 1.33 bits per heavy atom. The Kier molecular flexibility index (Phi) is 4.69. The Bertz CT molecular complexity index is 1010. The zero-order chi connectivity index (χ0) is 18.8. The first-order valence-corrected chi connectivity index (χ1v) is 8.80. The van der Waals surface area contributed by atoms with Gasteiger partial charge in [-0.1, -0.05) is 11.6 Å². The van der Waals surface area contributed by atoms with Gasteiger partial charge in [0, 0.05) is 50.0 Å². The number of halogens is 1. The third kappa shape index (κ3) is 3.34.